The van der Waals surface area contributed by atoms with Crippen LogP contribution in [0.15, 0.2) is 24.3 Å². The minimum atomic E-state index is -1.50. The van der Waals surface area contributed by atoms with Gasteiger partial charge in [0.2, 0.25) is 0 Å². The average molecular weight is 823 g/mol. The minimum Gasteiger partial charge on any atom is -0.477 e. The number of likely N-dealkylation sites (N-methyl/N-ethyl adjacent to an activating group) is 1. The molecule has 0 aliphatic rings. The Morgan fingerprint density at radius 3 is 1.36 bits per heavy atom. The van der Waals surface area contributed by atoms with Crippen molar-refractivity contribution in [1.82, 2.24) is 0 Å². The van der Waals surface area contributed by atoms with E-state index >= 15 is 0 Å². The van der Waals surface area contributed by atoms with Crippen molar-refractivity contribution in [2.75, 3.05) is 47.5 Å². The molecule has 1 N–H and O–H groups in total. The lowest BCUT2D eigenvalue weighted by Gasteiger charge is -2.25. The Morgan fingerprint density at radius 2 is 0.931 bits per heavy atom. The second-order valence-corrected chi connectivity index (χ2v) is 17.4. The van der Waals surface area contributed by atoms with Crippen molar-refractivity contribution in [2.24, 2.45) is 0 Å². The van der Waals surface area contributed by atoms with Crippen LogP contribution in [0.2, 0.25) is 0 Å². The molecule has 2 atom stereocenters. The lowest BCUT2D eigenvalue weighted by Crippen LogP contribution is -2.40. The van der Waals surface area contributed by atoms with Crippen molar-refractivity contribution >= 4 is 17.9 Å². The monoisotopic (exact) mass is 823 g/mol. The zero-order valence-corrected chi connectivity index (χ0v) is 38.5. The molecule has 58 heavy (non-hydrogen) atoms. The predicted octanol–water partition coefficient (Wildman–Crippen LogP) is 12.8. The van der Waals surface area contributed by atoms with Crippen LogP contribution in [0.3, 0.4) is 0 Å². The summed E-state index contributed by atoms with van der Waals surface area (Å²) in [4.78, 5) is 36.9. The van der Waals surface area contributed by atoms with Crippen molar-refractivity contribution in [1.29, 1.82) is 0 Å². The number of nitrogens with zero attached hydrogens (tertiary/aromatic N) is 1. The molecule has 0 amide bonds. The van der Waals surface area contributed by atoms with Gasteiger partial charge >= 0.3 is 17.9 Å². The molecule has 9 heteroatoms. The van der Waals surface area contributed by atoms with Crippen molar-refractivity contribution < 1.29 is 42.9 Å². The van der Waals surface area contributed by atoms with E-state index in [1.165, 1.54) is 141 Å². The molecule has 0 aliphatic heterocycles. The van der Waals surface area contributed by atoms with Crippen molar-refractivity contribution in [2.45, 2.75) is 225 Å². The summed E-state index contributed by atoms with van der Waals surface area (Å²) in [6, 6.07) is 0. The first-order valence-electron chi connectivity index (χ1n) is 24.0. The van der Waals surface area contributed by atoms with E-state index in [4.69, 9.17) is 18.9 Å². The maximum Gasteiger partial charge on any atom is 0.361 e. The molecular weight excluding hydrogens is 731 g/mol. The molecule has 9 nitrogen and oxygen atoms in total. The van der Waals surface area contributed by atoms with Gasteiger partial charge in [-0.2, -0.15) is 0 Å². The Kier molecular flexibility index (Phi) is 39.9. The number of hydrogen-bond donors (Lipinski definition) is 1. The van der Waals surface area contributed by atoms with Crippen LogP contribution in [-0.2, 0) is 33.3 Å². The molecule has 2 unspecified atom stereocenters. The third-order valence-corrected chi connectivity index (χ3v) is 10.5. The summed E-state index contributed by atoms with van der Waals surface area (Å²) in [7, 11) is 5.95. The number of carboxylic acid groups (broad SMARTS) is 1. The minimum absolute atomic E-state index is 0.179. The molecule has 0 rings (SSSR count). The van der Waals surface area contributed by atoms with Gasteiger partial charge in [-0.25, -0.2) is 4.79 Å². The highest BCUT2D eigenvalue weighted by molar-refractivity contribution is 5.71. The van der Waals surface area contributed by atoms with E-state index in [9.17, 15) is 19.5 Å². The van der Waals surface area contributed by atoms with Gasteiger partial charge in [0.05, 0.1) is 34.4 Å². The maximum absolute atomic E-state index is 12.7. The van der Waals surface area contributed by atoms with Crippen molar-refractivity contribution in [3.8, 4) is 0 Å². The van der Waals surface area contributed by atoms with E-state index in [2.05, 4.69) is 38.2 Å². The molecule has 0 aromatic rings. The fourth-order valence-corrected chi connectivity index (χ4v) is 6.69. The Bertz CT molecular complexity index is 1010. The summed E-state index contributed by atoms with van der Waals surface area (Å²) in [5, 5.41) is 9.60. The van der Waals surface area contributed by atoms with Gasteiger partial charge in [0, 0.05) is 12.8 Å². The zero-order valence-electron chi connectivity index (χ0n) is 38.5. The van der Waals surface area contributed by atoms with Crippen LogP contribution in [0.4, 0.5) is 0 Å². The molecule has 0 aliphatic carbocycles. The molecule has 340 valence electrons. The normalized spacial score (nSPS) is 13.1. The number of carbonyl (C=O) groups is 3. The highest BCUT2D eigenvalue weighted by atomic mass is 16.7. The Balaban J connectivity index is 4.07. The first-order chi connectivity index (χ1) is 28.1. The highest BCUT2D eigenvalue weighted by Gasteiger charge is 2.25. The second-order valence-electron chi connectivity index (χ2n) is 17.4. The summed E-state index contributed by atoms with van der Waals surface area (Å²) < 4.78 is 22.6. The van der Waals surface area contributed by atoms with Gasteiger partial charge in [-0.1, -0.05) is 179 Å². The van der Waals surface area contributed by atoms with E-state index in [0.29, 0.717) is 17.4 Å². The predicted molar refractivity (Wildman–Crippen MR) is 240 cm³/mol. The molecule has 0 saturated carbocycles. The van der Waals surface area contributed by atoms with Crippen molar-refractivity contribution in [3.05, 3.63) is 24.3 Å². The smallest absolute Gasteiger partial charge is 0.361 e. The molecule has 0 fully saturated rings. The number of aliphatic carboxylic acids is 1. The van der Waals surface area contributed by atoms with Crippen LogP contribution in [0, 0.1) is 0 Å². The SMILES string of the molecule is CCCCCCC/C=C\C/C=C\CCCCCCCCCCCCCCCCCC(=O)OC(COC(=O)CCCCCCCC)COC(OCC[N+](C)(C)C)C(=O)O. The second kappa shape index (κ2) is 41.5. The van der Waals surface area contributed by atoms with E-state index < -0.39 is 24.3 Å². The van der Waals surface area contributed by atoms with Gasteiger partial charge in [0.25, 0.3) is 6.29 Å². The Labute approximate surface area is 357 Å². The van der Waals surface area contributed by atoms with Crippen LogP contribution in [0.25, 0.3) is 0 Å². The number of rotatable bonds is 44. The topological polar surface area (TPSA) is 108 Å². The lowest BCUT2D eigenvalue weighted by atomic mass is 10.0. The Hall–Kier alpha value is -2.23. The van der Waals surface area contributed by atoms with Gasteiger partial charge in [0.1, 0.15) is 13.2 Å². The molecule has 0 radical (unpaired) electrons. The lowest BCUT2D eigenvalue weighted by molar-refractivity contribution is -0.870. The van der Waals surface area contributed by atoms with Crippen LogP contribution in [0.5, 0.6) is 0 Å². The third-order valence-electron chi connectivity index (χ3n) is 10.5. The van der Waals surface area contributed by atoms with E-state index in [-0.39, 0.29) is 32.2 Å². The first kappa shape index (κ1) is 55.8. The van der Waals surface area contributed by atoms with Crippen LogP contribution in [0.1, 0.15) is 213 Å². The number of hydrogen-bond acceptors (Lipinski definition) is 7. The number of esters is 2. The summed E-state index contributed by atoms with van der Waals surface area (Å²) in [6.07, 6.45) is 42.8. The van der Waals surface area contributed by atoms with E-state index in [1.807, 2.05) is 21.1 Å². The highest BCUT2D eigenvalue weighted by Crippen LogP contribution is 2.15. The Morgan fingerprint density at radius 1 is 0.517 bits per heavy atom. The number of quaternary nitrogens is 1. The van der Waals surface area contributed by atoms with Gasteiger partial charge in [0.15, 0.2) is 6.10 Å². The zero-order chi connectivity index (χ0) is 42.8. The molecule has 0 heterocycles. The van der Waals surface area contributed by atoms with E-state index in [0.717, 1.165) is 44.9 Å². The number of ether oxygens (including phenoxy) is 4. The molecule has 0 bridgehead atoms. The third kappa shape index (κ3) is 41.9. The number of allylic oxidation sites excluding steroid dienone is 4. The largest absolute Gasteiger partial charge is 0.477 e. The van der Waals surface area contributed by atoms with E-state index in [1.54, 1.807) is 0 Å². The molecular formula is C49H92NO8+. The van der Waals surface area contributed by atoms with Crippen molar-refractivity contribution in [3.63, 3.8) is 0 Å². The number of unbranched alkanes of at least 4 members (excludes halogenated alkanes) is 25. The van der Waals surface area contributed by atoms with Gasteiger partial charge in [-0.05, 0) is 44.9 Å². The quantitative estimate of drug-likeness (QED) is 0.0213. The molecule has 0 aromatic heterocycles. The maximum atomic E-state index is 12.7. The van der Waals surface area contributed by atoms with Gasteiger partial charge in [-0.3, -0.25) is 9.59 Å². The van der Waals surface area contributed by atoms with Crippen LogP contribution in [-0.4, -0.2) is 87.4 Å². The fraction of sp³-hybridized carbons (Fsp3) is 0.857. The van der Waals surface area contributed by atoms with Gasteiger partial charge < -0.3 is 28.5 Å². The standard InChI is InChI=1S/C49H91NO8/c1-6-8-10-12-14-15-16-17-18-19-20-21-22-23-24-25-26-27-28-29-30-31-32-33-34-36-38-40-47(52)58-45(43-56-46(51)39-37-35-13-11-9-7-2)44-57-49(48(53)54)55-42-41-50(3,4)5/h16-17,19-20,45,49H,6-15,18,21-44H2,1-5H3/p+1/b17-16-,20-19-. The molecule has 0 aromatic carbocycles. The molecule has 0 spiro atoms. The molecule has 0 saturated heterocycles. The van der Waals surface area contributed by atoms with Crippen LogP contribution < -0.4 is 0 Å². The van der Waals surface area contributed by atoms with Crippen LogP contribution >= 0.6 is 0 Å². The number of carboxylic acids is 1. The summed E-state index contributed by atoms with van der Waals surface area (Å²) in [5.74, 6) is -2.01. The average Bonchev–Trinajstić information content (AvgIpc) is 3.18. The summed E-state index contributed by atoms with van der Waals surface area (Å²) >= 11 is 0. The van der Waals surface area contributed by atoms with Gasteiger partial charge in [-0.15, -0.1) is 0 Å². The summed E-state index contributed by atoms with van der Waals surface area (Å²) in [6.45, 7) is 4.80. The number of carbonyl (C=O) groups excluding carboxylic acids is 2. The first-order valence-corrected chi connectivity index (χ1v) is 24.0. The fourth-order valence-electron chi connectivity index (χ4n) is 6.69. The summed E-state index contributed by atoms with van der Waals surface area (Å²) in [5.41, 5.74) is 0.